The van der Waals surface area contributed by atoms with Crippen molar-refractivity contribution in [3.8, 4) is 0 Å². The second kappa shape index (κ2) is 6.20. The van der Waals surface area contributed by atoms with Crippen molar-refractivity contribution in [1.82, 2.24) is 10.6 Å². The highest BCUT2D eigenvalue weighted by Crippen LogP contribution is 1.98. The maximum Gasteiger partial charge on any atom is 0.312 e. The molecule has 0 aliphatic rings. The monoisotopic (exact) mass is 202 g/mol. The molecular formula is C8H18N4O2. The molecule has 6 N–H and O–H groups in total. The molecule has 0 spiro atoms. The fourth-order valence-electron chi connectivity index (χ4n) is 0.771. The Morgan fingerprint density at radius 1 is 1.21 bits per heavy atom. The fraction of sp³-hybridized carbons (Fsp3) is 0.750. The molecule has 0 saturated heterocycles. The van der Waals surface area contributed by atoms with Crippen molar-refractivity contribution in [3.05, 3.63) is 0 Å². The van der Waals surface area contributed by atoms with Crippen molar-refractivity contribution in [2.75, 3.05) is 13.1 Å². The smallest absolute Gasteiger partial charge is 0.312 e. The van der Waals surface area contributed by atoms with Gasteiger partial charge in [0.1, 0.15) is 0 Å². The Balaban J connectivity index is 3.59. The highest BCUT2D eigenvalue weighted by atomic mass is 16.2. The van der Waals surface area contributed by atoms with Crippen LogP contribution in [-0.2, 0) is 4.79 Å². The maximum absolute atomic E-state index is 11.3. The summed E-state index contributed by atoms with van der Waals surface area (Å²) in [5.74, 6) is -0.352. The predicted octanol–water partition coefficient (Wildman–Crippen LogP) is -1.25. The lowest BCUT2D eigenvalue weighted by Crippen LogP contribution is -2.42. The second-order valence-electron chi connectivity index (χ2n) is 3.23. The van der Waals surface area contributed by atoms with E-state index in [0.29, 0.717) is 13.1 Å². The van der Waals surface area contributed by atoms with Crippen LogP contribution in [0.25, 0.3) is 0 Å². The number of nitrogens with one attached hydrogen (secondary N) is 2. The molecule has 2 atom stereocenters. The van der Waals surface area contributed by atoms with Crippen LogP contribution in [-0.4, -0.2) is 31.1 Å². The van der Waals surface area contributed by atoms with Crippen molar-refractivity contribution in [2.45, 2.75) is 19.9 Å². The first kappa shape index (κ1) is 12.7. The third kappa shape index (κ3) is 5.36. The van der Waals surface area contributed by atoms with Gasteiger partial charge >= 0.3 is 6.03 Å². The highest BCUT2D eigenvalue weighted by molar-refractivity contribution is 5.79. The van der Waals surface area contributed by atoms with Crippen molar-refractivity contribution in [1.29, 1.82) is 0 Å². The first-order valence-corrected chi connectivity index (χ1v) is 4.51. The van der Waals surface area contributed by atoms with Gasteiger partial charge in [-0.1, -0.05) is 6.92 Å². The Morgan fingerprint density at radius 2 is 1.71 bits per heavy atom. The van der Waals surface area contributed by atoms with Crippen LogP contribution < -0.4 is 22.1 Å². The molecule has 2 unspecified atom stereocenters. The fourth-order valence-corrected chi connectivity index (χ4v) is 0.771. The molecule has 0 fully saturated rings. The van der Waals surface area contributed by atoms with Crippen LogP contribution in [0.3, 0.4) is 0 Å². The third-order valence-electron chi connectivity index (χ3n) is 1.93. The predicted molar refractivity (Wildman–Crippen MR) is 53.4 cm³/mol. The third-order valence-corrected chi connectivity index (χ3v) is 1.93. The molecule has 0 aromatic carbocycles. The average molecular weight is 202 g/mol. The minimum Gasteiger partial charge on any atom is -0.354 e. The van der Waals surface area contributed by atoms with Crippen molar-refractivity contribution in [3.63, 3.8) is 0 Å². The first-order chi connectivity index (χ1) is 6.45. The number of amides is 3. The van der Waals surface area contributed by atoms with Gasteiger partial charge in [0.15, 0.2) is 0 Å². The summed E-state index contributed by atoms with van der Waals surface area (Å²) in [4.78, 5) is 21.6. The normalized spacial score (nSPS) is 14.2. The van der Waals surface area contributed by atoms with Crippen LogP contribution in [0.15, 0.2) is 0 Å². The molecule has 14 heavy (non-hydrogen) atoms. The molecule has 0 bridgehead atoms. The molecule has 0 aliphatic heterocycles. The molecule has 0 saturated carbocycles. The number of hydrogen-bond donors (Lipinski definition) is 4. The van der Waals surface area contributed by atoms with Gasteiger partial charge in [0.05, 0.1) is 0 Å². The molecule has 0 heterocycles. The molecule has 0 aromatic heterocycles. The highest BCUT2D eigenvalue weighted by Gasteiger charge is 2.15. The van der Waals surface area contributed by atoms with E-state index in [1.165, 1.54) is 0 Å². The topological polar surface area (TPSA) is 110 Å². The number of carbonyl (C=O) groups excluding carboxylic acids is 2. The van der Waals surface area contributed by atoms with E-state index < -0.39 is 6.03 Å². The summed E-state index contributed by atoms with van der Waals surface area (Å²) in [6.45, 7) is 4.21. The number of carbonyl (C=O) groups is 2. The summed E-state index contributed by atoms with van der Waals surface area (Å²) in [5.41, 5.74) is 10.4. The Kier molecular flexibility index (Phi) is 5.62. The van der Waals surface area contributed by atoms with E-state index >= 15 is 0 Å². The molecule has 0 radical (unpaired) electrons. The van der Waals surface area contributed by atoms with Gasteiger partial charge in [-0.3, -0.25) is 4.79 Å². The van der Waals surface area contributed by atoms with Gasteiger partial charge in [0, 0.05) is 25.0 Å². The molecule has 0 aromatic rings. The van der Waals surface area contributed by atoms with Gasteiger partial charge in [-0.05, 0) is 6.92 Å². The largest absolute Gasteiger partial charge is 0.354 e. The van der Waals surface area contributed by atoms with E-state index in [1.54, 1.807) is 13.8 Å². The summed E-state index contributed by atoms with van der Waals surface area (Å²) in [6, 6.07) is -0.779. The number of urea groups is 1. The molecule has 3 amide bonds. The maximum atomic E-state index is 11.3. The lowest BCUT2D eigenvalue weighted by molar-refractivity contribution is -0.124. The summed E-state index contributed by atoms with van der Waals surface area (Å²) < 4.78 is 0. The van der Waals surface area contributed by atoms with Crippen LogP contribution in [0.5, 0.6) is 0 Å². The second-order valence-corrected chi connectivity index (χ2v) is 3.23. The van der Waals surface area contributed by atoms with E-state index in [1.807, 2.05) is 0 Å². The van der Waals surface area contributed by atoms with Gasteiger partial charge in [0.25, 0.3) is 0 Å². The molecular weight excluding hydrogens is 184 g/mol. The number of rotatable bonds is 5. The van der Waals surface area contributed by atoms with Crippen molar-refractivity contribution in [2.24, 2.45) is 17.4 Å². The van der Waals surface area contributed by atoms with E-state index in [9.17, 15) is 9.59 Å². The SMILES string of the molecule is CC(N)C(C)C(=O)NCCNC(N)=O. The number of hydrogen-bond acceptors (Lipinski definition) is 3. The van der Waals surface area contributed by atoms with E-state index in [2.05, 4.69) is 10.6 Å². The van der Waals surface area contributed by atoms with Gasteiger partial charge in [0.2, 0.25) is 5.91 Å². The number of primary amides is 1. The van der Waals surface area contributed by atoms with E-state index in [-0.39, 0.29) is 17.9 Å². The molecule has 0 rings (SSSR count). The quantitative estimate of drug-likeness (QED) is 0.418. The Morgan fingerprint density at radius 3 is 2.14 bits per heavy atom. The number of nitrogens with two attached hydrogens (primary N) is 2. The van der Waals surface area contributed by atoms with Crippen molar-refractivity contribution < 1.29 is 9.59 Å². The van der Waals surface area contributed by atoms with Gasteiger partial charge in [-0.25, -0.2) is 4.79 Å². The average Bonchev–Trinajstić information content (AvgIpc) is 2.10. The standard InChI is InChI=1S/C8H18N4O2/c1-5(6(2)9)7(13)11-3-4-12-8(10)14/h5-6H,3-4,9H2,1-2H3,(H,11,13)(H3,10,12,14). The summed E-state index contributed by atoms with van der Waals surface area (Å²) in [7, 11) is 0. The molecule has 0 aliphatic carbocycles. The zero-order valence-electron chi connectivity index (χ0n) is 8.54. The zero-order valence-corrected chi connectivity index (χ0v) is 8.54. The van der Waals surface area contributed by atoms with Gasteiger partial charge in [-0.2, -0.15) is 0 Å². The zero-order chi connectivity index (χ0) is 11.1. The molecule has 6 nitrogen and oxygen atoms in total. The van der Waals surface area contributed by atoms with Crippen LogP contribution in [0.2, 0.25) is 0 Å². The van der Waals surface area contributed by atoms with Crippen molar-refractivity contribution >= 4 is 11.9 Å². The molecule has 82 valence electrons. The minimum atomic E-state index is -0.598. The van der Waals surface area contributed by atoms with Gasteiger partial charge in [-0.15, -0.1) is 0 Å². The van der Waals surface area contributed by atoms with Crippen LogP contribution in [0.1, 0.15) is 13.8 Å². The Bertz CT molecular complexity index is 206. The molecule has 6 heteroatoms. The van der Waals surface area contributed by atoms with Gasteiger partial charge < -0.3 is 22.1 Å². The van der Waals surface area contributed by atoms with Crippen LogP contribution in [0.4, 0.5) is 4.79 Å². The summed E-state index contributed by atoms with van der Waals surface area (Å²) in [6.07, 6.45) is 0. The summed E-state index contributed by atoms with van der Waals surface area (Å²) in [5, 5.41) is 4.99. The van der Waals surface area contributed by atoms with Crippen LogP contribution in [0, 0.1) is 5.92 Å². The summed E-state index contributed by atoms with van der Waals surface area (Å²) >= 11 is 0. The van der Waals surface area contributed by atoms with E-state index in [4.69, 9.17) is 11.5 Å². The Labute approximate surface area is 83.4 Å². The lowest BCUT2D eigenvalue weighted by Gasteiger charge is -2.15. The van der Waals surface area contributed by atoms with Crippen LogP contribution >= 0.6 is 0 Å². The first-order valence-electron chi connectivity index (χ1n) is 4.51. The Hall–Kier alpha value is -1.30. The van der Waals surface area contributed by atoms with E-state index in [0.717, 1.165) is 0 Å². The lowest BCUT2D eigenvalue weighted by atomic mass is 10.0. The minimum absolute atomic E-state index is 0.119.